The van der Waals surface area contributed by atoms with Crippen molar-refractivity contribution in [1.29, 1.82) is 0 Å². The number of hydrogen-bond donors (Lipinski definition) is 0. The number of amides is 1. The van der Waals surface area contributed by atoms with Gasteiger partial charge in [-0.1, -0.05) is 45.0 Å². The zero-order valence-corrected chi connectivity index (χ0v) is 19.0. The lowest BCUT2D eigenvalue weighted by Crippen LogP contribution is -2.37. The summed E-state index contributed by atoms with van der Waals surface area (Å²) in [6.07, 6.45) is 0.930. The number of para-hydroxylation sites is 1. The molecule has 3 aromatic rings. The summed E-state index contributed by atoms with van der Waals surface area (Å²) in [4.78, 5) is 30.9. The molecule has 1 aliphatic heterocycles. The summed E-state index contributed by atoms with van der Waals surface area (Å²) < 4.78 is 11.7. The van der Waals surface area contributed by atoms with Gasteiger partial charge in [-0.2, -0.15) is 0 Å². The molecule has 1 aromatic heterocycles. The predicted molar refractivity (Wildman–Crippen MR) is 125 cm³/mol. The molecule has 1 aliphatic rings. The summed E-state index contributed by atoms with van der Waals surface area (Å²) in [7, 11) is 0. The summed E-state index contributed by atoms with van der Waals surface area (Å²) in [5, 5.41) is 0.498. The Morgan fingerprint density at radius 1 is 1.00 bits per heavy atom. The van der Waals surface area contributed by atoms with Crippen LogP contribution >= 0.6 is 0 Å². The minimum absolute atomic E-state index is 0.142. The standard InChI is InChI=1S/C26H30N2O4/c1-4-17-31-19-13-11-18(12-14-19)23-22-24(29)20-9-7-8-10-21(20)32-25(22)26(30)28(23)16-15-27(5-2)6-3/h7-14,23H,4-6,15-17H2,1-3H3/t23-/m1/s1. The molecule has 32 heavy (non-hydrogen) atoms. The molecule has 0 fully saturated rings. The third-order valence-corrected chi connectivity index (χ3v) is 6.09. The Hall–Kier alpha value is -3.12. The van der Waals surface area contributed by atoms with E-state index in [-0.39, 0.29) is 17.1 Å². The Kier molecular flexibility index (Phi) is 6.61. The van der Waals surface area contributed by atoms with Crippen molar-refractivity contribution in [2.45, 2.75) is 33.2 Å². The Balaban J connectivity index is 1.79. The third-order valence-electron chi connectivity index (χ3n) is 6.09. The zero-order valence-electron chi connectivity index (χ0n) is 19.0. The van der Waals surface area contributed by atoms with Crippen LogP contribution in [-0.2, 0) is 0 Å². The van der Waals surface area contributed by atoms with Crippen molar-refractivity contribution in [3.05, 3.63) is 75.6 Å². The Bertz CT molecular complexity index is 1150. The molecule has 1 amide bonds. The molecule has 2 heterocycles. The van der Waals surface area contributed by atoms with Crippen LogP contribution in [0.2, 0.25) is 0 Å². The van der Waals surface area contributed by atoms with Crippen LogP contribution in [0.25, 0.3) is 11.0 Å². The van der Waals surface area contributed by atoms with Crippen LogP contribution in [0.1, 0.15) is 54.9 Å². The number of rotatable bonds is 9. The van der Waals surface area contributed by atoms with Crippen LogP contribution in [0, 0.1) is 0 Å². The van der Waals surface area contributed by atoms with Crippen LogP contribution in [0.5, 0.6) is 5.75 Å². The molecule has 0 bridgehead atoms. The van der Waals surface area contributed by atoms with Gasteiger partial charge in [-0.25, -0.2) is 0 Å². The van der Waals surface area contributed by atoms with E-state index < -0.39 is 6.04 Å². The second-order valence-electron chi connectivity index (χ2n) is 8.02. The molecule has 6 nitrogen and oxygen atoms in total. The minimum atomic E-state index is -0.478. The van der Waals surface area contributed by atoms with Crippen molar-refractivity contribution in [2.24, 2.45) is 0 Å². The molecule has 1 atom stereocenters. The van der Waals surface area contributed by atoms with E-state index in [9.17, 15) is 9.59 Å². The van der Waals surface area contributed by atoms with Gasteiger partial charge in [0, 0.05) is 13.1 Å². The van der Waals surface area contributed by atoms with E-state index in [0.717, 1.165) is 37.4 Å². The largest absolute Gasteiger partial charge is 0.494 e. The number of fused-ring (bicyclic) bond motifs is 2. The summed E-state index contributed by atoms with van der Waals surface area (Å²) in [6, 6.07) is 14.3. The van der Waals surface area contributed by atoms with Crippen molar-refractivity contribution in [1.82, 2.24) is 9.80 Å². The van der Waals surface area contributed by atoms with Gasteiger partial charge in [-0.3, -0.25) is 9.59 Å². The predicted octanol–water partition coefficient (Wildman–Crippen LogP) is 4.47. The van der Waals surface area contributed by atoms with Gasteiger partial charge in [0.05, 0.1) is 23.6 Å². The fourth-order valence-corrected chi connectivity index (χ4v) is 4.30. The van der Waals surface area contributed by atoms with E-state index in [1.807, 2.05) is 36.4 Å². The molecule has 0 saturated carbocycles. The minimum Gasteiger partial charge on any atom is -0.494 e. The number of nitrogens with zero attached hydrogens (tertiary/aromatic N) is 2. The van der Waals surface area contributed by atoms with E-state index in [2.05, 4.69) is 25.7 Å². The average molecular weight is 435 g/mol. The smallest absolute Gasteiger partial charge is 0.290 e. The number of ether oxygens (including phenoxy) is 1. The topological polar surface area (TPSA) is 63.0 Å². The number of carbonyl (C=O) groups is 1. The highest BCUT2D eigenvalue weighted by Gasteiger charge is 2.42. The Morgan fingerprint density at radius 2 is 1.72 bits per heavy atom. The average Bonchev–Trinajstić information content (AvgIpc) is 3.10. The molecule has 0 saturated heterocycles. The molecular formula is C26H30N2O4. The molecule has 0 unspecified atom stereocenters. The SMILES string of the molecule is CCCOc1ccc([C@@H]2c3c(oc4ccccc4c3=O)C(=O)N2CCN(CC)CC)cc1. The first-order valence-corrected chi connectivity index (χ1v) is 11.4. The maximum atomic E-state index is 13.5. The van der Waals surface area contributed by atoms with Crippen molar-refractivity contribution in [3.8, 4) is 5.75 Å². The van der Waals surface area contributed by atoms with E-state index in [1.54, 1.807) is 17.0 Å². The maximum Gasteiger partial charge on any atom is 0.290 e. The first-order valence-electron chi connectivity index (χ1n) is 11.4. The van der Waals surface area contributed by atoms with Gasteiger partial charge in [0.25, 0.3) is 5.91 Å². The van der Waals surface area contributed by atoms with Crippen LogP contribution in [0.4, 0.5) is 0 Å². The zero-order chi connectivity index (χ0) is 22.7. The molecule has 0 N–H and O–H groups in total. The van der Waals surface area contributed by atoms with E-state index in [0.29, 0.717) is 29.7 Å². The first kappa shape index (κ1) is 22.1. The molecule has 0 spiro atoms. The van der Waals surface area contributed by atoms with Gasteiger partial charge >= 0.3 is 0 Å². The summed E-state index contributed by atoms with van der Waals surface area (Å²) in [6.45, 7) is 9.97. The molecule has 0 aliphatic carbocycles. The molecule has 2 aromatic carbocycles. The molecule has 0 radical (unpaired) electrons. The monoisotopic (exact) mass is 434 g/mol. The van der Waals surface area contributed by atoms with Crippen LogP contribution in [-0.4, -0.2) is 48.5 Å². The Labute approximate surface area is 188 Å². The second-order valence-corrected chi connectivity index (χ2v) is 8.02. The highest BCUT2D eigenvalue weighted by atomic mass is 16.5. The molecule has 6 heteroatoms. The molecule has 4 rings (SSSR count). The summed E-state index contributed by atoms with van der Waals surface area (Å²) in [5.41, 5.74) is 1.60. The second kappa shape index (κ2) is 9.57. The van der Waals surface area contributed by atoms with E-state index in [1.165, 1.54) is 0 Å². The lowest BCUT2D eigenvalue weighted by molar-refractivity contribution is 0.0708. The number of benzene rings is 2. The van der Waals surface area contributed by atoms with Gasteiger partial charge in [-0.05, 0) is 49.3 Å². The summed E-state index contributed by atoms with van der Waals surface area (Å²) in [5.74, 6) is 0.705. The number of hydrogen-bond acceptors (Lipinski definition) is 5. The van der Waals surface area contributed by atoms with Crippen molar-refractivity contribution < 1.29 is 13.9 Å². The third kappa shape index (κ3) is 4.02. The number of carbonyl (C=O) groups excluding carboxylic acids is 1. The van der Waals surface area contributed by atoms with E-state index >= 15 is 0 Å². The fourth-order valence-electron chi connectivity index (χ4n) is 4.30. The maximum absolute atomic E-state index is 13.5. The van der Waals surface area contributed by atoms with Crippen molar-refractivity contribution in [2.75, 3.05) is 32.8 Å². The van der Waals surface area contributed by atoms with Gasteiger partial charge in [0.2, 0.25) is 5.76 Å². The van der Waals surface area contributed by atoms with Crippen molar-refractivity contribution in [3.63, 3.8) is 0 Å². The normalized spacial score (nSPS) is 15.6. The highest BCUT2D eigenvalue weighted by molar-refractivity contribution is 5.99. The summed E-state index contributed by atoms with van der Waals surface area (Å²) >= 11 is 0. The lowest BCUT2D eigenvalue weighted by Gasteiger charge is -2.28. The Morgan fingerprint density at radius 3 is 2.41 bits per heavy atom. The molecular weight excluding hydrogens is 404 g/mol. The van der Waals surface area contributed by atoms with Gasteiger partial charge in [0.1, 0.15) is 11.3 Å². The highest BCUT2D eigenvalue weighted by Crippen LogP contribution is 2.38. The molecule has 168 valence electrons. The lowest BCUT2D eigenvalue weighted by atomic mass is 9.98. The number of likely N-dealkylation sites (N-methyl/N-ethyl adjacent to an activating group) is 1. The van der Waals surface area contributed by atoms with E-state index in [4.69, 9.17) is 9.15 Å². The van der Waals surface area contributed by atoms with Crippen LogP contribution in [0.3, 0.4) is 0 Å². The first-order chi connectivity index (χ1) is 15.6. The van der Waals surface area contributed by atoms with Gasteiger partial charge < -0.3 is 19.0 Å². The van der Waals surface area contributed by atoms with Crippen molar-refractivity contribution >= 4 is 16.9 Å². The van der Waals surface area contributed by atoms with Gasteiger partial charge in [-0.15, -0.1) is 0 Å². The van der Waals surface area contributed by atoms with Gasteiger partial charge in [0.15, 0.2) is 5.43 Å². The van der Waals surface area contributed by atoms with Crippen LogP contribution in [0.15, 0.2) is 57.7 Å². The fraction of sp³-hybridized carbons (Fsp3) is 0.385. The van der Waals surface area contributed by atoms with Crippen LogP contribution < -0.4 is 10.2 Å². The quantitative estimate of drug-likeness (QED) is 0.497.